The molecule has 0 aliphatic heterocycles. The maximum atomic E-state index is 12.2. The second-order valence-corrected chi connectivity index (χ2v) is 6.75. The molecule has 0 radical (unpaired) electrons. The van der Waals surface area contributed by atoms with Crippen LogP contribution in [-0.2, 0) is 0 Å². The Balaban J connectivity index is 1.89. The third-order valence-electron chi connectivity index (χ3n) is 4.63. The zero-order valence-electron chi connectivity index (χ0n) is 13.1. The summed E-state index contributed by atoms with van der Waals surface area (Å²) in [4.78, 5) is 12.2. The number of carbonyl (C=O) groups is 1. The van der Waals surface area contributed by atoms with Gasteiger partial charge in [0.1, 0.15) is 0 Å². The van der Waals surface area contributed by atoms with Gasteiger partial charge < -0.3 is 5.32 Å². The van der Waals surface area contributed by atoms with Gasteiger partial charge in [-0.3, -0.25) is 4.79 Å². The zero-order valence-corrected chi connectivity index (χ0v) is 13.8. The first-order valence-electron chi connectivity index (χ1n) is 8.06. The fourth-order valence-corrected chi connectivity index (χ4v) is 3.51. The molecule has 0 heterocycles. The van der Waals surface area contributed by atoms with Crippen molar-refractivity contribution in [3.63, 3.8) is 0 Å². The molecule has 1 aromatic carbocycles. The van der Waals surface area contributed by atoms with Gasteiger partial charge in [-0.25, -0.2) is 0 Å². The molecule has 1 aliphatic carbocycles. The molecular weight excluding hydrogens is 282 g/mol. The van der Waals surface area contributed by atoms with Crippen LogP contribution in [0.5, 0.6) is 0 Å². The van der Waals surface area contributed by atoms with Crippen LogP contribution in [0.2, 0.25) is 0 Å². The van der Waals surface area contributed by atoms with Crippen LogP contribution < -0.4 is 5.32 Å². The highest BCUT2D eigenvalue weighted by Crippen LogP contribution is 2.30. The second kappa shape index (κ2) is 7.84. The highest BCUT2D eigenvalue weighted by atomic mass is 35.5. The lowest BCUT2D eigenvalue weighted by molar-refractivity contribution is 0.0936. The van der Waals surface area contributed by atoms with Crippen molar-refractivity contribution in [2.24, 2.45) is 11.8 Å². The Bertz CT molecular complexity index is 455. The van der Waals surface area contributed by atoms with Crippen molar-refractivity contribution in [3.05, 3.63) is 35.4 Å². The third kappa shape index (κ3) is 4.47. The normalized spacial score (nSPS) is 22.3. The van der Waals surface area contributed by atoms with Gasteiger partial charge in [0, 0.05) is 18.0 Å². The van der Waals surface area contributed by atoms with E-state index in [-0.39, 0.29) is 5.91 Å². The van der Waals surface area contributed by atoms with E-state index >= 15 is 0 Å². The molecule has 1 amide bonds. The van der Waals surface area contributed by atoms with Gasteiger partial charge in [0.05, 0.1) is 0 Å². The maximum absolute atomic E-state index is 12.2. The predicted octanol–water partition coefficient (Wildman–Crippen LogP) is 4.59. The topological polar surface area (TPSA) is 29.1 Å². The fraction of sp³-hybridized carbons (Fsp3) is 0.611. The van der Waals surface area contributed by atoms with Gasteiger partial charge in [0.15, 0.2) is 0 Å². The highest BCUT2D eigenvalue weighted by molar-refractivity contribution is 6.18. The molecule has 1 aliphatic rings. The van der Waals surface area contributed by atoms with Crippen LogP contribution in [0.25, 0.3) is 0 Å². The first-order chi connectivity index (χ1) is 10.1. The lowest BCUT2D eigenvalue weighted by atomic mass is 9.80. The van der Waals surface area contributed by atoms with Crippen molar-refractivity contribution in [1.29, 1.82) is 0 Å². The number of alkyl halides is 1. The highest BCUT2D eigenvalue weighted by Gasteiger charge is 2.24. The molecule has 2 rings (SSSR count). The summed E-state index contributed by atoms with van der Waals surface area (Å²) in [6.45, 7) is 5.07. The summed E-state index contributed by atoms with van der Waals surface area (Å²) >= 11 is 6.04. The predicted molar refractivity (Wildman–Crippen MR) is 89.0 cm³/mol. The smallest absolute Gasteiger partial charge is 0.251 e. The Hall–Kier alpha value is -1.02. The van der Waals surface area contributed by atoms with Gasteiger partial charge in [-0.2, -0.15) is 0 Å². The molecule has 1 aromatic rings. The average Bonchev–Trinajstić information content (AvgIpc) is 2.52. The molecule has 0 bridgehead atoms. The van der Waals surface area contributed by atoms with E-state index in [1.807, 2.05) is 24.3 Å². The number of nitrogens with one attached hydrogen (secondary N) is 1. The number of hydrogen-bond acceptors (Lipinski definition) is 1. The van der Waals surface area contributed by atoms with Crippen molar-refractivity contribution in [3.8, 4) is 0 Å². The molecule has 1 saturated carbocycles. The molecule has 0 spiro atoms. The number of carbonyl (C=O) groups excluding carboxylic acids is 1. The van der Waals surface area contributed by atoms with Gasteiger partial charge in [-0.15, -0.1) is 11.6 Å². The van der Waals surface area contributed by atoms with Gasteiger partial charge in [-0.1, -0.05) is 38.8 Å². The monoisotopic (exact) mass is 307 g/mol. The number of benzene rings is 1. The summed E-state index contributed by atoms with van der Waals surface area (Å²) in [5.41, 5.74) is 2.01. The van der Waals surface area contributed by atoms with E-state index in [2.05, 4.69) is 19.2 Å². The summed E-state index contributed by atoms with van der Waals surface area (Å²) in [6.07, 6.45) is 4.92. The minimum absolute atomic E-state index is 0.0317. The van der Waals surface area contributed by atoms with Gasteiger partial charge in [-0.05, 0) is 48.3 Å². The van der Waals surface area contributed by atoms with Crippen LogP contribution >= 0.6 is 11.6 Å². The third-order valence-corrected chi connectivity index (χ3v) is 5.03. The van der Waals surface area contributed by atoms with E-state index in [4.69, 9.17) is 11.6 Å². The molecule has 3 heteroatoms. The average molecular weight is 308 g/mol. The Morgan fingerprint density at radius 3 is 2.38 bits per heavy atom. The van der Waals surface area contributed by atoms with E-state index in [1.54, 1.807) is 0 Å². The number of hydrogen-bond donors (Lipinski definition) is 1. The molecule has 1 N–H and O–H groups in total. The van der Waals surface area contributed by atoms with Gasteiger partial charge in [0.2, 0.25) is 0 Å². The van der Waals surface area contributed by atoms with E-state index < -0.39 is 0 Å². The lowest BCUT2D eigenvalue weighted by Crippen LogP contribution is -2.34. The van der Waals surface area contributed by atoms with Crippen molar-refractivity contribution >= 4 is 17.5 Å². The van der Waals surface area contributed by atoms with Crippen molar-refractivity contribution in [2.45, 2.75) is 45.4 Å². The Kier molecular flexibility index (Phi) is 6.10. The Morgan fingerprint density at radius 1 is 1.19 bits per heavy atom. The molecule has 21 heavy (non-hydrogen) atoms. The second-order valence-electron chi connectivity index (χ2n) is 6.45. The van der Waals surface area contributed by atoms with Gasteiger partial charge >= 0.3 is 0 Å². The lowest BCUT2D eigenvalue weighted by Gasteiger charge is -2.30. The van der Waals surface area contributed by atoms with Crippen molar-refractivity contribution < 1.29 is 4.79 Å². The molecule has 0 aromatic heterocycles. The van der Waals surface area contributed by atoms with E-state index in [1.165, 1.54) is 31.2 Å². The first-order valence-corrected chi connectivity index (χ1v) is 8.59. The standard InChI is InChI=1S/C18H26ClNO/c1-13(2)14-7-9-15(10-8-14)18(21)20-12-17-6-4-3-5-16(17)11-19/h7-10,13,16-17H,3-6,11-12H2,1-2H3,(H,20,21). The summed E-state index contributed by atoms with van der Waals surface area (Å²) < 4.78 is 0. The summed E-state index contributed by atoms with van der Waals surface area (Å²) in [5.74, 6) is 2.33. The Labute approximate surface area is 133 Å². The molecule has 2 unspecified atom stereocenters. The van der Waals surface area contributed by atoms with Crippen LogP contribution in [0.15, 0.2) is 24.3 Å². The maximum Gasteiger partial charge on any atom is 0.251 e. The van der Waals surface area contributed by atoms with Crippen molar-refractivity contribution in [1.82, 2.24) is 5.32 Å². The first kappa shape index (κ1) is 16.4. The van der Waals surface area contributed by atoms with Crippen molar-refractivity contribution in [2.75, 3.05) is 12.4 Å². The SMILES string of the molecule is CC(C)c1ccc(C(=O)NCC2CCCCC2CCl)cc1. The zero-order chi connectivity index (χ0) is 15.2. The molecule has 1 fully saturated rings. The summed E-state index contributed by atoms with van der Waals surface area (Å²) in [7, 11) is 0. The molecule has 2 atom stereocenters. The number of amides is 1. The van der Waals surface area contributed by atoms with E-state index in [0.29, 0.717) is 23.6 Å². The summed E-state index contributed by atoms with van der Waals surface area (Å²) in [6, 6.07) is 7.93. The number of halogens is 1. The summed E-state index contributed by atoms with van der Waals surface area (Å²) in [5, 5.41) is 3.08. The van der Waals surface area contributed by atoms with Crippen LogP contribution in [-0.4, -0.2) is 18.3 Å². The van der Waals surface area contributed by atoms with Crippen LogP contribution in [0.1, 0.15) is 61.4 Å². The van der Waals surface area contributed by atoms with E-state index in [0.717, 1.165) is 12.1 Å². The van der Waals surface area contributed by atoms with E-state index in [9.17, 15) is 4.79 Å². The van der Waals surface area contributed by atoms with Crippen LogP contribution in [0, 0.1) is 11.8 Å². The minimum atomic E-state index is 0.0317. The quantitative estimate of drug-likeness (QED) is 0.792. The van der Waals surface area contributed by atoms with Gasteiger partial charge in [0.25, 0.3) is 5.91 Å². The molecule has 0 saturated heterocycles. The van der Waals surface area contributed by atoms with Crippen LogP contribution in [0.3, 0.4) is 0 Å². The fourth-order valence-electron chi connectivity index (χ4n) is 3.10. The molecule has 2 nitrogen and oxygen atoms in total. The molecular formula is C18H26ClNO. The Morgan fingerprint density at radius 2 is 1.81 bits per heavy atom. The van der Waals surface area contributed by atoms with Crippen LogP contribution in [0.4, 0.5) is 0 Å². The molecule has 116 valence electrons. The number of rotatable bonds is 5. The largest absolute Gasteiger partial charge is 0.352 e. The minimum Gasteiger partial charge on any atom is -0.352 e.